The molecule has 3 aromatic rings. The highest BCUT2D eigenvalue weighted by atomic mass is 35.5. The molecule has 0 amide bonds. The van der Waals surface area contributed by atoms with E-state index >= 15 is 0 Å². The van der Waals surface area contributed by atoms with E-state index in [0.717, 1.165) is 48.2 Å². The molecular formula is C37H47ClF3N7O3. The first kappa shape index (κ1) is 44.2. The van der Waals surface area contributed by atoms with Gasteiger partial charge in [0.25, 0.3) is 5.69 Å². The second-order valence-electron chi connectivity index (χ2n) is 12.0. The number of alkyl halides is 3. The number of rotatable bonds is 13. The van der Waals surface area contributed by atoms with Crippen LogP contribution in [0.5, 0.6) is 0 Å². The molecule has 0 aliphatic carbocycles. The number of halogens is 4. The highest BCUT2D eigenvalue weighted by Crippen LogP contribution is 2.34. The first-order valence-electron chi connectivity index (χ1n) is 15.9. The third kappa shape index (κ3) is 14.9. The van der Waals surface area contributed by atoms with Crippen LogP contribution in [-0.2, 0) is 10.9 Å². The summed E-state index contributed by atoms with van der Waals surface area (Å²) < 4.78 is 43.6. The quantitative estimate of drug-likeness (QED) is 0.0977. The maximum Gasteiger partial charge on any atom is 0.417 e. The maximum absolute atomic E-state index is 12.9. The largest absolute Gasteiger partial charge is 0.417 e. The smallest absolute Gasteiger partial charge is 0.383 e. The van der Waals surface area contributed by atoms with Crippen LogP contribution in [0.15, 0.2) is 66.7 Å². The van der Waals surface area contributed by atoms with Crippen molar-refractivity contribution in [3.8, 4) is 12.1 Å². The van der Waals surface area contributed by atoms with Gasteiger partial charge in [-0.1, -0.05) is 23.8 Å². The molecule has 276 valence electrons. The lowest BCUT2D eigenvalue weighted by atomic mass is 10.1. The van der Waals surface area contributed by atoms with Crippen LogP contribution in [0.25, 0.3) is 0 Å². The zero-order valence-corrected chi connectivity index (χ0v) is 31.3. The Hall–Kier alpha value is -4.82. The molecule has 0 fully saturated rings. The van der Waals surface area contributed by atoms with Crippen LogP contribution in [0.1, 0.15) is 36.1 Å². The molecule has 0 bridgehead atoms. The summed E-state index contributed by atoms with van der Waals surface area (Å²) >= 11 is 5.98. The Balaban J connectivity index is 0.000000385. The molecule has 0 aliphatic rings. The van der Waals surface area contributed by atoms with Crippen molar-refractivity contribution in [1.29, 1.82) is 10.5 Å². The number of hydrogen-bond acceptors (Lipinski definition) is 9. The second kappa shape index (κ2) is 21.4. The fourth-order valence-corrected chi connectivity index (χ4v) is 4.83. The van der Waals surface area contributed by atoms with Crippen LogP contribution < -0.4 is 14.7 Å². The van der Waals surface area contributed by atoms with Crippen LogP contribution in [-0.4, -0.2) is 84.5 Å². The molecule has 0 saturated heterocycles. The number of non-ortho nitro benzene ring substituents is 1. The average molecular weight is 730 g/mol. The van der Waals surface area contributed by atoms with Crippen LogP contribution in [0.4, 0.5) is 35.9 Å². The van der Waals surface area contributed by atoms with Crippen LogP contribution in [0.3, 0.4) is 0 Å². The number of anilines is 3. The summed E-state index contributed by atoms with van der Waals surface area (Å²) in [5, 5.41) is 28.6. The van der Waals surface area contributed by atoms with Gasteiger partial charge in [0.1, 0.15) is 6.07 Å². The average Bonchev–Trinajstić information content (AvgIpc) is 3.08. The van der Waals surface area contributed by atoms with Crippen LogP contribution in [0, 0.1) is 39.7 Å². The number of nitro benzene ring substituents is 1. The molecule has 0 unspecified atom stereocenters. The summed E-state index contributed by atoms with van der Waals surface area (Å²) in [6.45, 7) is 13.6. The fraction of sp³-hybridized carbons (Fsp3) is 0.405. The summed E-state index contributed by atoms with van der Waals surface area (Å²) in [5.41, 5.74) is 3.61. The predicted molar refractivity (Wildman–Crippen MR) is 200 cm³/mol. The molecule has 0 saturated carbocycles. The Morgan fingerprint density at radius 1 is 0.941 bits per heavy atom. The van der Waals surface area contributed by atoms with Gasteiger partial charge in [0.2, 0.25) is 0 Å². The van der Waals surface area contributed by atoms with E-state index in [-0.39, 0.29) is 16.2 Å². The summed E-state index contributed by atoms with van der Waals surface area (Å²) in [4.78, 5) is 18.2. The van der Waals surface area contributed by atoms with Gasteiger partial charge in [-0.05, 0) is 82.9 Å². The van der Waals surface area contributed by atoms with E-state index in [9.17, 15) is 23.3 Å². The van der Waals surface area contributed by atoms with E-state index in [1.54, 1.807) is 36.3 Å². The SMILES string of the molecule is C=C(C)CN(CC)c1ccc(C#N)c(C(F)(F)F)c1.CN(C)CCN(C)c1ccc(C#N)c(Cl)c1.COCCN(C)c1ccc([N+](=O)[O-])cc1C. The topological polar surface area (TPSA) is 113 Å². The molecule has 51 heavy (non-hydrogen) atoms. The fourth-order valence-electron chi connectivity index (χ4n) is 4.61. The first-order valence-corrected chi connectivity index (χ1v) is 16.3. The lowest BCUT2D eigenvalue weighted by molar-refractivity contribution is -0.384. The minimum atomic E-state index is -4.52. The van der Waals surface area contributed by atoms with Crippen molar-refractivity contribution in [1.82, 2.24) is 4.90 Å². The lowest BCUT2D eigenvalue weighted by Gasteiger charge is -2.24. The normalized spacial score (nSPS) is 10.5. The molecule has 3 aromatic carbocycles. The minimum absolute atomic E-state index is 0.126. The summed E-state index contributed by atoms with van der Waals surface area (Å²) in [5.74, 6) is 0. The minimum Gasteiger partial charge on any atom is -0.383 e. The third-order valence-electron chi connectivity index (χ3n) is 7.47. The molecule has 0 atom stereocenters. The van der Waals surface area contributed by atoms with Gasteiger partial charge in [0, 0.05) is 83.1 Å². The molecule has 3 rings (SSSR count). The van der Waals surface area contributed by atoms with Gasteiger partial charge in [-0.3, -0.25) is 10.1 Å². The van der Waals surface area contributed by atoms with Crippen molar-refractivity contribution >= 4 is 34.4 Å². The van der Waals surface area contributed by atoms with Crippen molar-refractivity contribution in [2.24, 2.45) is 0 Å². The Kier molecular flexibility index (Phi) is 18.6. The Labute approximate surface area is 304 Å². The lowest BCUT2D eigenvalue weighted by Crippen LogP contribution is -2.28. The van der Waals surface area contributed by atoms with Crippen molar-refractivity contribution in [3.63, 3.8) is 0 Å². The Morgan fingerprint density at radius 3 is 2.02 bits per heavy atom. The molecule has 0 N–H and O–H groups in total. The predicted octanol–water partition coefficient (Wildman–Crippen LogP) is 8.17. The van der Waals surface area contributed by atoms with Gasteiger partial charge in [0.15, 0.2) is 0 Å². The number of methoxy groups -OCH3 is 1. The van der Waals surface area contributed by atoms with Crippen molar-refractivity contribution < 1.29 is 22.8 Å². The molecular weight excluding hydrogens is 683 g/mol. The highest BCUT2D eigenvalue weighted by Gasteiger charge is 2.34. The van der Waals surface area contributed by atoms with Gasteiger partial charge in [-0.25, -0.2) is 0 Å². The van der Waals surface area contributed by atoms with Crippen molar-refractivity contribution in [2.75, 3.05) is 89.3 Å². The van der Waals surface area contributed by atoms with Crippen LogP contribution in [0.2, 0.25) is 5.02 Å². The Morgan fingerprint density at radius 2 is 1.55 bits per heavy atom. The molecule has 0 aromatic heterocycles. The first-order chi connectivity index (χ1) is 23.9. The summed E-state index contributed by atoms with van der Waals surface area (Å²) in [7, 11) is 9.68. The number of hydrogen-bond donors (Lipinski definition) is 0. The molecule has 10 nitrogen and oxygen atoms in total. The Bertz CT molecular complexity index is 1690. The number of benzene rings is 3. The van der Waals surface area contributed by atoms with Gasteiger partial charge in [-0.15, -0.1) is 0 Å². The van der Waals surface area contributed by atoms with Gasteiger partial charge in [0.05, 0.1) is 39.3 Å². The van der Waals surface area contributed by atoms with E-state index in [2.05, 4.69) is 22.4 Å². The number of nitro groups is 1. The second-order valence-corrected chi connectivity index (χ2v) is 12.4. The standard InChI is InChI=1S/C14H15F3N2.C12H16ClN3.C11H16N2O3/c1-4-19(9-10(2)3)12-6-5-11(8-18)13(7-12)14(15,16)17;1-15(2)6-7-16(3)11-5-4-10(9-14)12(13)8-11;1-9-8-10(13(14)15)4-5-11(9)12(2)6-7-16-3/h5-7H,2,4,9H2,1,3H3;2*4-5,8H,6-7H2,1-3H3. The van der Waals surface area contributed by atoms with E-state index in [0.29, 0.717) is 36.0 Å². The van der Waals surface area contributed by atoms with E-state index in [1.807, 2.05) is 66.0 Å². The molecule has 0 aliphatic heterocycles. The number of nitriles is 2. The molecule has 14 heteroatoms. The zero-order valence-electron chi connectivity index (χ0n) is 30.5. The highest BCUT2D eigenvalue weighted by molar-refractivity contribution is 6.32. The zero-order chi connectivity index (χ0) is 38.9. The van der Waals surface area contributed by atoms with Gasteiger partial charge in [-0.2, -0.15) is 23.7 Å². The van der Waals surface area contributed by atoms with E-state index in [4.69, 9.17) is 26.9 Å². The number of nitrogens with zero attached hydrogens (tertiary/aromatic N) is 7. The summed E-state index contributed by atoms with van der Waals surface area (Å²) in [6, 6.07) is 17.7. The van der Waals surface area contributed by atoms with Crippen LogP contribution >= 0.6 is 11.6 Å². The molecule has 0 heterocycles. The maximum atomic E-state index is 12.9. The van der Waals surface area contributed by atoms with Gasteiger partial charge >= 0.3 is 6.18 Å². The molecule has 0 spiro atoms. The third-order valence-corrected chi connectivity index (χ3v) is 7.78. The number of ether oxygens (including phenoxy) is 1. The van der Waals surface area contributed by atoms with E-state index < -0.39 is 11.7 Å². The van der Waals surface area contributed by atoms with Gasteiger partial charge < -0.3 is 24.3 Å². The van der Waals surface area contributed by atoms with Crippen molar-refractivity contribution in [2.45, 2.75) is 26.9 Å². The number of aryl methyl sites for hydroxylation is 1. The number of likely N-dealkylation sites (N-methyl/N-ethyl adjacent to an activating group) is 4. The van der Waals surface area contributed by atoms with E-state index in [1.165, 1.54) is 18.2 Å². The monoisotopic (exact) mass is 729 g/mol. The molecule has 0 radical (unpaired) electrons. The summed E-state index contributed by atoms with van der Waals surface area (Å²) in [6.07, 6.45) is -4.52. The van der Waals surface area contributed by atoms with Crippen molar-refractivity contribution in [3.05, 3.63) is 104 Å².